The standard InChI is InChI=1S/C21H14BrN3O3/c22-13-4-7-16(8-5-13)25-20(27)17-9-6-15(11-18(17)21(25)28)24-19(26)12-2-1-3-14(23)10-12/h1-11H,23H2,(H,24,26). The molecule has 3 N–H and O–H groups in total. The summed E-state index contributed by atoms with van der Waals surface area (Å²) in [6.07, 6.45) is 0. The number of nitrogens with zero attached hydrogens (tertiary/aromatic N) is 1. The van der Waals surface area contributed by atoms with Crippen LogP contribution in [-0.2, 0) is 0 Å². The first-order valence-electron chi connectivity index (χ1n) is 8.39. The minimum absolute atomic E-state index is 0.248. The molecule has 0 atom stereocenters. The number of amides is 3. The average molecular weight is 436 g/mol. The first kappa shape index (κ1) is 17.9. The van der Waals surface area contributed by atoms with E-state index in [9.17, 15) is 14.4 Å². The van der Waals surface area contributed by atoms with Crippen molar-refractivity contribution in [1.82, 2.24) is 0 Å². The molecule has 0 fully saturated rings. The molecule has 28 heavy (non-hydrogen) atoms. The summed E-state index contributed by atoms with van der Waals surface area (Å²) in [6.45, 7) is 0. The van der Waals surface area contributed by atoms with Crippen LogP contribution in [0.2, 0.25) is 0 Å². The summed E-state index contributed by atoms with van der Waals surface area (Å²) in [7, 11) is 0. The summed E-state index contributed by atoms with van der Waals surface area (Å²) < 4.78 is 0.847. The molecule has 0 unspecified atom stereocenters. The quantitative estimate of drug-likeness (QED) is 0.478. The SMILES string of the molecule is Nc1cccc(C(=O)Nc2ccc3c(c2)C(=O)N(c2ccc(Br)cc2)C3=O)c1. The van der Waals surface area contributed by atoms with Gasteiger partial charge in [0.15, 0.2) is 0 Å². The summed E-state index contributed by atoms with van der Waals surface area (Å²) in [5.74, 6) is -1.17. The van der Waals surface area contributed by atoms with E-state index in [0.29, 0.717) is 28.2 Å². The molecule has 0 bridgehead atoms. The maximum absolute atomic E-state index is 12.8. The molecule has 1 heterocycles. The molecular weight excluding hydrogens is 422 g/mol. The fraction of sp³-hybridized carbons (Fsp3) is 0. The van der Waals surface area contributed by atoms with Crippen molar-refractivity contribution in [3.8, 4) is 0 Å². The minimum Gasteiger partial charge on any atom is -0.399 e. The second kappa shape index (κ2) is 6.94. The number of imide groups is 1. The van der Waals surface area contributed by atoms with Crippen molar-refractivity contribution in [3.63, 3.8) is 0 Å². The summed E-state index contributed by atoms with van der Waals surface area (Å²) in [4.78, 5) is 39.0. The number of benzene rings is 3. The van der Waals surface area contributed by atoms with Crippen molar-refractivity contribution < 1.29 is 14.4 Å². The molecule has 0 aliphatic carbocycles. The lowest BCUT2D eigenvalue weighted by Crippen LogP contribution is -2.29. The molecule has 3 aromatic rings. The van der Waals surface area contributed by atoms with Crippen LogP contribution in [0.3, 0.4) is 0 Å². The lowest BCUT2D eigenvalue weighted by Gasteiger charge is -2.13. The Bertz CT molecular complexity index is 1130. The first-order chi connectivity index (χ1) is 13.4. The van der Waals surface area contributed by atoms with Crippen LogP contribution in [0.1, 0.15) is 31.1 Å². The van der Waals surface area contributed by atoms with Crippen molar-refractivity contribution in [2.45, 2.75) is 0 Å². The number of carbonyl (C=O) groups excluding carboxylic acids is 3. The molecule has 138 valence electrons. The van der Waals surface area contributed by atoms with Crippen LogP contribution in [0.4, 0.5) is 17.1 Å². The maximum Gasteiger partial charge on any atom is 0.266 e. The van der Waals surface area contributed by atoms with Gasteiger partial charge in [-0.25, -0.2) is 4.90 Å². The van der Waals surface area contributed by atoms with Crippen molar-refractivity contribution >= 4 is 50.7 Å². The zero-order valence-corrected chi connectivity index (χ0v) is 16.1. The number of nitrogen functional groups attached to an aromatic ring is 1. The van der Waals surface area contributed by atoms with Crippen LogP contribution in [0, 0.1) is 0 Å². The number of hydrogen-bond acceptors (Lipinski definition) is 4. The third-order valence-electron chi connectivity index (χ3n) is 4.38. The molecule has 3 aromatic carbocycles. The Morgan fingerprint density at radius 1 is 0.893 bits per heavy atom. The van der Waals surface area contributed by atoms with Gasteiger partial charge < -0.3 is 11.1 Å². The van der Waals surface area contributed by atoms with E-state index in [2.05, 4.69) is 21.2 Å². The molecule has 6 nitrogen and oxygen atoms in total. The Hall–Kier alpha value is -3.45. The van der Waals surface area contributed by atoms with Crippen molar-refractivity contribution in [2.75, 3.05) is 16.0 Å². The molecule has 0 spiro atoms. The monoisotopic (exact) mass is 435 g/mol. The molecule has 4 rings (SSSR count). The highest BCUT2D eigenvalue weighted by atomic mass is 79.9. The van der Waals surface area contributed by atoms with Crippen LogP contribution in [0.5, 0.6) is 0 Å². The van der Waals surface area contributed by atoms with Gasteiger partial charge in [0.25, 0.3) is 17.7 Å². The fourth-order valence-electron chi connectivity index (χ4n) is 3.03. The van der Waals surface area contributed by atoms with Crippen LogP contribution in [0.25, 0.3) is 0 Å². The predicted molar refractivity (Wildman–Crippen MR) is 111 cm³/mol. The van der Waals surface area contributed by atoms with Gasteiger partial charge in [0, 0.05) is 21.4 Å². The van der Waals surface area contributed by atoms with Gasteiger partial charge in [-0.2, -0.15) is 0 Å². The van der Waals surface area contributed by atoms with Crippen LogP contribution < -0.4 is 16.0 Å². The van der Waals surface area contributed by atoms with Crippen LogP contribution >= 0.6 is 15.9 Å². The number of rotatable bonds is 3. The third-order valence-corrected chi connectivity index (χ3v) is 4.91. The van der Waals surface area contributed by atoms with Crippen molar-refractivity contribution in [2.24, 2.45) is 0 Å². The number of nitrogens with two attached hydrogens (primary N) is 1. The highest BCUT2D eigenvalue weighted by Crippen LogP contribution is 2.31. The van der Waals surface area contributed by atoms with Crippen molar-refractivity contribution in [3.05, 3.63) is 87.9 Å². The number of nitrogens with one attached hydrogen (secondary N) is 1. The largest absolute Gasteiger partial charge is 0.399 e. The van der Waals surface area contributed by atoms with E-state index in [1.165, 1.54) is 6.07 Å². The van der Waals surface area contributed by atoms with Gasteiger partial charge in [-0.1, -0.05) is 22.0 Å². The predicted octanol–water partition coefficient (Wildman–Crippen LogP) is 4.08. The van der Waals surface area contributed by atoms with Crippen molar-refractivity contribution in [1.29, 1.82) is 0 Å². The zero-order valence-electron chi connectivity index (χ0n) is 14.5. The smallest absolute Gasteiger partial charge is 0.266 e. The Kier molecular flexibility index (Phi) is 4.44. The number of hydrogen-bond donors (Lipinski definition) is 2. The highest BCUT2D eigenvalue weighted by Gasteiger charge is 2.36. The van der Waals surface area contributed by atoms with Gasteiger partial charge in [-0.05, 0) is 60.7 Å². The molecule has 0 saturated heterocycles. The fourth-order valence-corrected chi connectivity index (χ4v) is 3.29. The Labute approximate surface area is 169 Å². The summed E-state index contributed by atoms with van der Waals surface area (Å²) in [5.41, 5.74) is 8.04. The highest BCUT2D eigenvalue weighted by molar-refractivity contribution is 9.10. The normalized spacial score (nSPS) is 12.8. The molecule has 0 radical (unpaired) electrons. The Balaban J connectivity index is 1.62. The van der Waals surface area contributed by atoms with E-state index in [1.807, 2.05) is 0 Å². The van der Waals surface area contributed by atoms with E-state index in [1.54, 1.807) is 60.7 Å². The van der Waals surface area contributed by atoms with E-state index < -0.39 is 11.8 Å². The molecule has 3 amide bonds. The van der Waals surface area contributed by atoms with Gasteiger partial charge in [0.2, 0.25) is 0 Å². The van der Waals surface area contributed by atoms with E-state index in [0.717, 1.165) is 9.37 Å². The zero-order chi connectivity index (χ0) is 19.8. The number of carbonyl (C=O) groups is 3. The van der Waals surface area contributed by atoms with Gasteiger partial charge >= 0.3 is 0 Å². The summed E-state index contributed by atoms with van der Waals surface area (Å²) in [5, 5.41) is 2.73. The van der Waals surface area contributed by atoms with E-state index in [4.69, 9.17) is 5.73 Å². The summed E-state index contributed by atoms with van der Waals surface area (Å²) >= 11 is 3.33. The number of halogens is 1. The topological polar surface area (TPSA) is 92.5 Å². The van der Waals surface area contributed by atoms with Gasteiger partial charge in [0.1, 0.15) is 0 Å². The second-order valence-electron chi connectivity index (χ2n) is 6.26. The van der Waals surface area contributed by atoms with Gasteiger partial charge in [-0.3, -0.25) is 14.4 Å². The Morgan fingerprint density at radius 2 is 1.61 bits per heavy atom. The van der Waals surface area contributed by atoms with E-state index in [-0.39, 0.29) is 11.5 Å². The Morgan fingerprint density at radius 3 is 2.32 bits per heavy atom. The lowest BCUT2D eigenvalue weighted by molar-refractivity contribution is 0.0924. The third kappa shape index (κ3) is 3.16. The van der Waals surface area contributed by atoms with E-state index >= 15 is 0 Å². The molecule has 1 aliphatic heterocycles. The number of anilines is 3. The first-order valence-corrected chi connectivity index (χ1v) is 9.18. The molecule has 7 heteroatoms. The van der Waals surface area contributed by atoms with Crippen LogP contribution in [0.15, 0.2) is 71.2 Å². The molecule has 0 aromatic heterocycles. The minimum atomic E-state index is -0.428. The molecule has 0 saturated carbocycles. The van der Waals surface area contributed by atoms with Crippen LogP contribution in [-0.4, -0.2) is 17.7 Å². The van der Waals surface area contributed by atoms with Gasteiger partial charge in [-0.15, -0.1) is 0 Å². The maximum atomic E-state index is 12.8. The van der Waals surface area contributed by atoms with Gasteiger partial charge in [0.05, 0.1) is 16.8 Å². The second-order valence-corrected chi connectivity index (χ2v) is 7.18. The lowest BCUT2D eigenvalue weighted by atomic mass is 10.1. The average Bonchev–Trinajstić information content (AvgIpc) is 2.93. The number of fused-ring (bicyclic) bond motifs is 1. The summed E-state index contributed by atoms with van der Waals surface area (Å²) in [6, 6.07) is 18.1. The molecule has 1 aliphatic rings. The molecular formula is C21H14BrN3O3.